The van der Waals surface area contributed by atoms with Gasteiger partial charge in [-0.15, -0.1) is 0 Å². The molecule has 0 aliphatic heterocycles. The molecular formula is C7H9F4NO3. The van der Waals surface area contributed by atoms with Crippen LogP contribution in [0.25, 0.3) is 0 Å². The van der Waals surface area contributed by atoms with E-state index in [4.69, 9.17) is 5.11 Å². The molecule has 0 rings (SSSR count). The van der Waals surface area contributed by atoms with Crippen LogP contribution in [0.2, 0.25) is 0 Å². The van der Waals surface area contributed by atoms with Gasteiger partial charge in [-0.3, -0.25) is 4.79 Å². The fourth-order valence-corrected chi connectivity index (χ4v) is 0.740. The molecule has 8 heteroatoms. The number of halogens is 4. The van der Waals surface area contributed by atoms with Crippen LogP contribution in [-0.4, -0.2) is 34.9 Å². The Bertz CT molecular complexity index is 268. The summed E-state index contributed by atoms with van der Waals surface area (Å²) in [7, 11) is 0. The number of carbonyl (C=O) groups is 2. The molecule has 88 valence electrons. The van der Waals surface area contributed by atoms with Crippen LogP contribution >= 0.6 is 0 Å². The summed E-state index contributed by atoms with van der Waals surface area (Å²) in [4.78, 5) is 20.7. The van der Waals surface area contributed by atoms with Gasteiger partial charge >= 0.3 is 18.1 Å². The van der Waals surface area contributed by atoms with Gasteiger partial charge in [-0.25, -0.2) is 9.18 Å². The van der Waals surface area contributed by atoms with Gasteiger partial charge in [0, 0.05) is 0 Å². The summed E-state index contributed by atoms with van der Waals surface area (Å²) in [5, 5.41) is 9.46. The second kappa shape index (κ2) is 4.03. The van der Waals surface area contributed by atoms with Crippen LogP contribution in [0.15, 0.2) is 0 Å². The number of rotatable bonds is 3. The Labute approximate surface area is 82.3 Å². The first-order valence-corrected chi connectivity index (χ1v) is 3.75. The smallest absolute Gasteiger partial charge is 0.471 e. The Morgan fingerprint density at radius 3 is 1.80 bits per heavy atom. The monoisotopic (exact) mass is 231 g/mol. The zero-order chi connectivity index (χ0) is 12.4. The summed E-state index contributed by atoms with van der Waals surface area (Å²) in [6.45, 7) is 1.50. The fraction of sp³-hybridized carbons (Fsp3) is 0.714. The lowest BCUT2D eigenvalue weighted by Gasteiger charge is -2.24. The Kier molecular flexibility index (Phi) is 3.67. The molecular weight excluding hydrogens is 222 g/mol. The second-order valence-electron chi connectivity index (χ2n) is 3.31. The van der Waals surface area contributed by atoms with E-state index >= 15 is 0 Å². The van der Waals surface area contributed by atoms with Gasteiger partial charge in [-0.05, 0) is 13.8 Å². The minimum Gasteiger partial charge on any atom is -0.480 e. The molecule has 0 aromatic heterocycles. The topological polar surface area (TPSA) is 66.4 Å². The number of amides is 1. The average Bonchev–Trinajstić information content (AvgIpc) is 1.94. The lowest BCUT2D eigenvalue weighted by molar-refractivity contribution is -0.176. The standard InChI is InChI=1S/C7H9F4NO3/c1-6(2,8)3(4(13)14)12-5(15)7(9,10)11/h3H,1-2H3,(H,12,15)(H,13,14)/t3-/m1/s1. The molecule has 15 heavy (non-hydrogen) atoms. The molecule has 0 saturated carbocycles. The molecule has 1 atom stereocenters. The van der Waals surface area contributed by atoms with Gasteiger partial charge in [0.2, 0.25) is 0 Å². The summed E-state index contributed by atoms with van der Waals surface area (Å²) in [5.74, 6) is -4.36. The molecule has 4 nitrogen and oxygen atoms in total. The Hall–Kier alpha value is -1.34. The van der Waals surface area contributed by atoms with E-state index in [1.165, 1.54) is 0 Å². The van der Waals surface area contributed by atoms with Gasteiger partial charge in [0.25, 0.3) is 0 Å². The van der Waals surface area contributed by atoms with Crippen molar-refractivity contribution in [2.24, 2.45) is 0 Å². The molecule has 0 saturated heterocycles. The fourth-order valence-electron chi connectivity index (χ4n) is 0.740. The van der Waals surface area contributed by atoms with Gasteiger partial charge in [-0.1, -0.05) is 0 Å². The zero-order valence-electron chi connectivity index (χ0n) is 7.85. The average molecular weight is 231 g/mol. The van der Waals surface area contributed by atoms with Crippen molar-refractivity contribution in [3.8, 4) is 0 Å². The third kappa shape index (κ3) is 4.13. The van der Waals surface area contributed by atoms with Crippen molar-refractivity contribution in [1.29, 1.82) is 0 Å². The predicted octanol–water partition coefficient (Wildman–Crippen LogP) is 0.866. The van der Waals surface area contributed by atoms with Gasteiger partial charge in [-0.2, -0.15) is 13.2 Å². The number of carboxylic acid groups (broad SMARTS) is 1. The minimum atomic E-state index is -5.24. The maximum Gasteiger partial charge on any atom is 0.471 e. The molecule has 0 spiro atoms. The van der Waals surface area contributed by atoms with E-state index in [1.807, 2.05) is 0 Å². The van der Waals surface area contributed by atoms with Crippen LogP contribution in [0.1, 0.15) is 13.8 Å². The van der Waals surface area contributed by atoms with Crippen LogP contribution in [0.5, 0.6) is 0 Å². The van der Waals surface area contributed by atoms with E-state index in [0.29, 0.717) is 0 Å². The summed E-state index contributed by atoms with van der Waals surface area (Å²) < 4.78 is 48.3. The third-order valence-corrected chi connectivity index (χ3v) is 1.47. The van der Waals surface area contributed by atoms with E-state index in [1.54, 1.807) is 0 Å². The van der Waals surface area contributed by atoms with Crippen molar-refractivity contribution in [2.75, 3.05) is 0 Å². The van der Waals surface area contributed by atoms with Gasteiger partial charge in [0.15, 0.2) is 6.04 Å². The van der Waals surface area contributed by atoms with E-state index < -0.39 is 29.8 Å². The van der Waals surface area contributed by atoms with Crippen LogP contribution in [0.3, 0.4) is 0 Å². The number of carbonyl (C=O) groups excluding carboxylic acids is 1. The molecule has 0 unspecified atom stereocenters. The van der Waals surface area contributed by atoms with Crippen molar-refractivity contribution < 1.29 is 32.3 Å². The molecule has 0 aromatic carbocycles. The highest BCUT2D eigenvalue weighted by Crippen LogP contribution is 2.19. The largest absolute Gasteiger partial charge is 0.480 e. The molecule has 0 radical (unpaired) electrons. The van der Waals surface area contributed by atoms with E-state index in [0.717, 1.165) is 19.2 Å². The number of hydrogen-bond donors (Lipinski definition) is 2. The first kappa shape index (κ1) is 13.7. The van der Waals surface area contributed by atoms with Crippen LogP contribution in [0, 0.1) is 0 Å². The number of hydrogen-bond acceptors (Lipinski definition) is 2. The minimum absolute atomic E-state index is 0.752. The van der Waals surface area contributed by atoms with E-state index in [2.05, 4.69) is 0 Å². The molecule has 0 aromatic rings. The van der Waals surface area contributed by atoms with E-state index in [-0.39, 0.29) is 0 Å². The molecule has 1 amide bonds. The number of carboxylic acids is 1. The van der Waals surface area contributed by atoms with Crippen LogP contribution < -0.4 is 5.32 Å². The zero-order valence-corrected chi connectivity index (χ0v) is 7.85. The SMILES string of the molecule is CC(C)(F)[C@H](NC(=O)C(F)(F)F)C(=O)O. The van der Waals surface area contributed by atoms with Crippen LogP contribution in [-0.2, 0) is 9.59 Å². The molecule has 0 aliphatic rings. The maximum absolute atomic E-state index is 13.1. The van der Waals surface area contributed by atoms with Crippen molar-refractivity contribution >= 4 is 11.9 Å². The highest BCUT2D eigenvalue weighted by Gasteiger charge is 2.45. The summed E-state index contributed by atoms with van der Waals surface area (Å²) >= 11 is 0. The third-order valence-electron chi connectivity index (χ3n) is 1.47. The maximum atomic E-state index is 13.1. The molecule has 2 N–H and O–H groups in total. The van der Waals surface area contributed by atoms with Crippen LogP contribution in [0.4, 0.5) is 17.6 Å². The highest BCUT2D eigenvalue weighted by atomic mass is 19.4. The van der Waals surface area contributed by atoms with Gasteiger partial charge in [0.05, 0.1) is 0 Å². The lowest BCUT2D eigenvalue weighted by Crippen LogP contribution is -2.55. The first-order valence-electron chi connectivity index (χ1n) is 3.75. The summed E-state index contributed by atoms with van der Waals surface area (Å²) in [6, 6.07) is -2.24. The number of aliphatic carboxylic acids is 1. The van der Waals surface area contributed by atoms with E-state index in [9.17, 15) is 27.2 Å². The molecule has 0 fully saturated rings. The predicted molar refractivity (Wildman–Crippen MR) is 40.8 cm³/mol. The Morgan fingerprint density at radius 2 is 1.60 bits per heavy atom. The van der Waals surface area contributed by atoms with Gasteiger partial charge in [0.1, 0.15) is 5.67 Å². The van der Waals surface area contributed by atoms with Crippen molar-refractivity contribution in [2.45, 2.75) is 31.7 Å². The first-order chi connectivity index (χ1) is 6.46. The number of alkyl halides is 4. The van der Waals surface area contributed by atoms with Crippen molar-refractivity contribution in [3.05, 3.63) is 0 Å². The molecule has 0 heterocycles. The highest BCUT2D eigenvalue weighted by molar-refractivity contribution is 5.87. The quantitative estimate of drug-likeness (QED) is 0.708. The lowest BCUT2D eigenvalue weighted by atomic mass is 10.0. The second-order valence-corrected chi connectivity index (χ2v) is 3.31. The van der Waals surface area contributed by atoms with Gasteiger partial charge < -0.3 is 10.4 Å². The summed E-state index contributed by atoms with van der Waals surface area (Å²) in [6.07, 6.45) is -5.24. The van der Waals surface area contributed by atoms with Crippen molar-refractivity contribution in [1.82, 2.24) is 5.32 Å². The normalized spacial score (nSPS) is 14.5. The van der Waals surface area contributed by atoms with Crippen molar-refractivity contribution in [3.63, 3.8) is 0 Å². The number of nitrogens with one attached hydrogen (secondary N) is 1. The molecule has 0 aliphatic carbocycles. The molecule has 0 bridgehead atoms. The Balaban J connectivity index is 4.74. The Morgan fingerprint density at radius 1 is 1.20 bits per heavy atom. The summed E-state index contributed by atoms with van der Waals surface area (Å²) in [5.41, 5.74) is -2.49.